The molecule has 0 spiro atoms. The molecule has 0 bridgehead atoms. The Bertz CT molecular complexity index is 247. The van der Waals surface area contributed by atoms with Crippen molar-refractivity contribution in [1.29, 1.82) is 0 Å². The molecule has 0 aromatic heterocycles. The SMILES string of the molecule is CCCCC(COC(=O)O)C(C)OOCC(C)(C)C. The Morgan fingerprint density at radius 2 is 1.95 bits per heavy atom. The lowest BCUT2D eigenvalue weighted by Crippen LogP contribution is -2.28. The van der Waals surface area contributed by atoms with Crippen molar-refractivity contribution in [3.8, 4) is 0 Å². The summed E-state index contributed by atoms with van der Waals surface area (Å²) < 4.78 is 4.65. The minimum absolute atomic E-state index is 0.0241. The van der Waals surface area contributed by atoms with Crippen LogP contribution >= 0.6 is 0 Å². The molecule has 5 nitrogen and oxygen atoms in total. The van der Waals surface area contributed by atoms with Crippen molar-refractivity contribution >= 4 is 6.16 Å². The lowest BCUT2D eigenvalue weighted by molar-refractivity contribution is -0.341. The molecule has 2 atom stereocenters. The van der Waals surface area contributed by atoms with Crippen molar-refractivity contribution in [3.05, 3.63) is 0 Å². The van der Waals surface area contributed by atoms with Gasteiger partial charge >= 0.3 is 6.16 Å². The number of ether oxygens (including phenoxy) is 1. The van der Waals surface area contributed by atoms with E-state index in [1.807, 2.05) is 6.92 Å². The Morgan fingerprint density at radius 1 is 1.32 bits per heavy atom. The molecule has 5 heteroatoms. The molecule has 0 amide bonds. The Morgan fingerprint density at radius 3 is 2.42 bits per heavy atom. The van der Waals surface area contributed by atoms with Crippen LogP contribution in [0.5, 0.6) is 0 Å². The molecule has 1 N–H and O–H groups in total. The van der Waals surface area contributed by atoms with Crippen molar-refractivity contribution in [1.82, 2.24) is 0 Å². The van der Waals surface area contributed by atoms with Crippen LogP contribution in [0.2, 0.25) is 0 Å². The van der Waals surface area contributed by atoms with E-state index in [9.17, 15) is 4.79 Å². The van der Waals surface area contributed by atoms with Crippen LogP contribution in [0.1, 0.15) is 53.9 Å². The highest BCUT2D eigenvalue weighted by atomic mass is 17.2. The van der Waals surface area contributed by atoms with Gasteiger partial charge in [-0.15, -0.1) is 0 Å². The molecule has 0 aliphatic heterocycles. The van der Waals surface area contributed by atoms with Gasteiger partial charge in [0.2, 0.25) is 0 Å². The first kappa shape index (κ1) is 18.2. The zero-order valence-corrected chi connectivity index (χ0v) is 12.8. The smallest absolute Gasteiger partial charge is 0.450 e. The summed E-state index contributed by atoms with van der Waals surface area (Å²) in [6, 6.07) is 0. The second-order valence-corrected chi connectivity index (χ2v) is 6.10. The van der Waals surface area contributed by atoms with Crippen LogP contribution in [0.3, 0.4) is 0 Å². The van der Waals surface area contributed by atoms with Crippen molar-refractivity contribution in [3.63, 3.8) is 0 Å². The van der Waals surface area contributed by atoms with Crippen molar-refractivity contribution < 1.29 is 24.4 Å². The molecule has 0 saturated heterocycles. The standard InChI is InChI=1S/C14H28O5/c1-6-7-8-12(9-17-13(15)16)11(2)19-18-10-14(3,4)5/h11-12H,6-10H2,1-5H3,(H,15,16). The maximum Gasteiger partial charge on any atom is 0.505 e. The van der Waals surface area contributed by atoms with Crippen LogP contribution in [0.25, 0.3) is 0 Å². The van der Waals surface area contributed by atoms with E-state index in [2.05, 4.69) is 32.4 Å². The molecule has 0 aromatic carbocycles. The van der Waals surface area contributed by atoms with Crippen molar-refractivity contribution in [2.45, 2.75) is 60.0 Å². The summed E-state index contributed by atoms with van der Waals surface area (Å²) in [5, 5.41) is 8.56. The first-order valence-corrected chi connectivity index (χ1v) is 6.90. The Hall–Kier alpha value is -0.810. The largest absolute Gasteiger partial charge is 0.505 e. The van der Waals surface area contributed by atoms with Gasteiger partial charge in [0, 0.05) is 5.92 Å². The topological polar surface area (TPSA) is 65.0 Å². The number of hydrogen-bond donors (Lipinski definition) is 1. The summed E-state index contributed by atoms with van der Waals surface area (Å²) >= 11 is 0. The number of carboxylic acid groups (broad SMARTS) is 1. The average Bonchev–Trinajstić information content (AvgIpc) is 2.26. The minimum Gasteiger partial charge on any atom is -0.450 e. The third-order valence-electron chi connectivity index (χ3n) is 2.72. The van der Waals surface area contributed by atoms with E-state index in [0.29, 0.717) is 6.61 Å². The van der Waals surface area contributed by atoms with Crippen LogP contribution in [0.4, 0.5) is 4.79 Å². The molecule has 0 aliphatic rings. The minimum atomic E-state index is -1.25. The number of hydrogen-bond acceptors (Lipinski definition) is 4. The number of carbonyl (C=O) groups is 1. The van der Waals surface area contributed by atoms with Crippen LogP contribution in [-0.4, -0.2) is 30.6 Å². The second-order valence-electron chi connectivity index (χ2n) is 6.10. The fraction of sp³-hybridized carbons (Fsp3) is 0.929. The summed E-state index contributed by atoms with van der Waals surface area (Å²) in [4.78, 5) is 21.0. The van der Waals surface area contributed by atoms with Gasteiger partial charge in [0.05, 0.1) is 12.7 Å². The van der Waals surface area contributed by atoms with Crippen LogP contribution < -0.4 is 0 Å². The van der Waals surface area contributed by atoms with Crippen molar-refractivity contribution in [2.24, 2.45) is 11.3 Å². The molecular weight excluding hydrogens is 248 g/mol. The normalized spacial score (nSPS) is 15.0. The van der Waals surface area contributed by atoms with Gasteiger partial charge < -0.3 is 9.84 Å². The van der Waals surface area contributed by atoms with Gasteiger partial charge in [-0.2, -0.15) is 0 Å². The molecule has 0 aliphatic carbocycles. The zero-order chi connectivity index (χ0) is 14.9. The van der Waals surface area contributed by atoms with Gasteiger partial charge in [-0.1, -0.05) is 40.5 Å². The average molecular weight is 276 g/mol. The second kappa shape index (κ2) is 9.15. The van der Waals surface area contributed by atoms with E-state index >= 15 is 0 Å². The lowest BCUT2D eigenvalue weighted by atomic mass is 9.98. The highest BCUT2D eigenvalue weighted by Gasteiger charge is 2.21. The predicted molar refractivity (Wildman–Crippen MR) is 72.9 cm³/mol. The molecule has 0 saturated carbocycles. The Labute approximate surface area is 116 Å². The highest BCUT2D eigenvalue weighted by Crippen LogP contribution is 2.19. The predicted octanol–water partition coefficient (Wildman–Crippen LogP) is 3.87. The highest BCUT2D eigenvalue weighted by molar-refractivity contribution is 5.56. The quantitative estimate of drug-likeness (QED) is 0.393. The van der Waals surface area contributed by atoms with E-state index in [1.165, 1.54) is 0 Å². The Balaban J connectivity index is 4.12. The van der Waals surface area contributed by atoms with Crippen LogP contribution in [-0.2, 0) is 14.5 Å². The summed E-state index contributed by atoms with van der Waals surface area (Å²) in [6.07, 6.45) is 1.50. The Kier molecular flexibility index (Phi) is 8.76. The fourth-order valence-electron chi connectivity index (χ4n) is 1.49. The molecule has 0 radical (unpaired) electrons. The maximum absolute atomic E-state index is 10.5. The van der Waals surface area contributed by atoms with Gasteiger partial charge in [0.1, 0.15) is 6.61 Å². The van der Waals surface area contributed by atoms with Gasteiger partial charge in [-0.05, 0) is 18.8 Å². The van der Waals surface area contributed by atoms with E-state index < -0.39 is 6.16 Å². The summed E-state index contributed by atoms with van der Waals surface area (Å²) in [5.74, 6) is 0.0241. The summed E-state index contributed by atoms with van der Waals surface area (Å²) in [5.41, 5.74) is 0.0379. The molecule has 2 unspecified atom stereocenters. The van der Waals surface area contributed by atoms with Gasteiger partial charge in [-0.25, -0.2) is 14.6 Å². The first-order chi connectivity index (χ1) is 8.76. The van der Waals surface area contributed by atoms with E-state index in [-0.39, 0.29) is 24.0 Å². The number of rotatable bonds is 9. The third-order valence-corrected chi connectivity index (χ3v) is 2.72. The van der Waals surface area contributed by atoms with Gasteiger partial charge in [0.15, 0.2) is 0 Å². The van der Waals surface area contributed by atoms with E-state index in [0.717, 1.165) is 19.3 Å². The third kappa shape index (κ3) is 10.8. The molecular formula is C14H28O5. The molecule has 0 fully saturated rings. The van der Waals surface area contributed by atoms with E-state index in [4.69, 9.17) is 14.9 Å². The first-order valence-electron chi connectivity index (χ1n) is 6.90. The van der Waals surface area contributed by atoms with Crippen LogP contribution in [0.15, 0.2) is 0 Å². The van der Waals surface area contributed by atoms with E-state index in [1.54, 1.807) is 0 Å². The maximum atomic E-state index is 10.5. The lowest BCUT2D eigenvalue weighted by Gasteiger charge is -2.24. The fourth-order valence-corrected chi connectivity index (χ4v) is 1.49. The van der Waals surface area contributed by atoms with Gasteiger partial charge in [-0.3, -0.25) is 0 Å². The molecule has 0 heterocycles. The molecule has 0 aromatic rings. The zero-order valence-electron chi connectivity index (χ0n) is 12.8. The van der Waals surface area contributed by atoms with Gasteiger partial charge in [0.25, 0.3) is 0 Å². The monoisotopic (exact) mass is 276 g/mol. The number of unbranched alkanes of at least 4 members (excludes halogenated alkanes) is 1. The van der Waals surface area contributed by atoms with Crippen LogP contribution in [0, 0.1) is 11.3 Å². The molecule has 19 heavy (non-hydrogen) atoms. The molecule has 114 valence electrons. The summed E-state index contributed by atoms with van der Waals surface area (Å²) in [6.45, 7) is 10.8. The van der Waals surface area contributed by atoms with Crippen molar-refractivity contribution in [2.75, 3.05) is 13.2 Å². The molecule has 0 rings (SSSR count). The summed E-state index contributed by atoms with van der Waals surface area (Å²) in [7, 11) is 0.